The molecule has 2 aromatic carbocycles. The molecule has 0 bridgehead atoms. The van der Waals surface area contributed by atoms with E-state index in [0.29, 0.717) is 23.0 Å². The van der Waals surface area contributed by atoms with Gasteiger partial charge in [-0.25, -0.2) is 0 Å². The van der Waals surface area contributed by atoms with Crippen molar-refractivity contribution >= 4 is 7.60 Å². The van der Waals surface area contributed by atoms with Crippen LogP contribution in [0.4, 0.5) is 0 Å². The molecule has 0 radical (unpaired) electrons. The molecule has 0 saturated carbocycles. The largest absolute Gasteiger partial charge is 0.497 e. The Balaban J connectivity index is 1.93. The number of ether oxygens (including phenoxy) is 5. The molecule has 0 aliphatic heterocycles. The van der Waals surface area contributed by atoms with Gasteiger partial charge in [0.1, 0.15) is 48.7 Å². The topological polar surface area (TPSA) is 104 Å². The maximum atomic E-state index is 11.1. The second-order valence-electron chi connectivity index (χ2n) is 5.56. The van der Waals surface area contributed by atoms with Gasteiger partial charge in [0.05, 0.1) is 14.2 Å². The minimum Gasteiger partial charge on any atom is -0.497 e. The molecule has 0 aliphatic rings. The van der Waals surface area contributed by atoms with Gasteiger partial charge < -0.3 is 33.5 Å². The van der Waals surface area contributed by atoms with E-state index in [2.05, 4.69) is 0 Å². The summed E-state index contributed by atoms with van der Waals surface area (Å²) in [6, 6.07) is 13.9. The first-order valence-electron chi connectivity index (χ1n) is 8.09. The summed E-state index contributed by atoms with van der Waals surface area (Å²) in [5.74, 6) is 2.54. The summed E-state index contributed by atoms with van der Waals surface area (Å²) in [7, 11) is -1.16. The minimum atomic E-state index is -4.30. The van der Waals surface area contributed by atoms with Crippen molar-refractivity contribution in [3.05, 3.63) is 48.5 Å². The van der Waals surface area contributed by atoms with Gasteiger partial charge in [-0.2, -0.15) is 0 Å². The van der Waals surface area contributed by atoms with Gasteiger partial charge >= 0.3 is 7.60 Å². The molecule has 8 nitrogen and oxygen atoms in total. The van der Waals surface area contributed by atoms with Crippen LogP contribution in [0.5, 0.6) is 23.0 Å². The molecule has 148 valence electrons. The Kier molecular flexibility index (Phi) is 7.94. The Morgan fingerprint density at radius 2 is 1.15 bits per heavy atom. The fourth-order valence-electron chi connectivity index (χ4n) is 2.07. The highest BCUT2D eigenvalue weighted by Crippen LogP contribution is 2.34. The van der Waals surface area contributed by atoms with E-state index in [9.17, 15) is 4.57 Å². The number of benzene rings is 2. The Bertz CT molecular complexity index is 675. The van der Waals surface area contributed by atoms with Gasteiger partial charge in [0.15, 0.2) is 0 Å². The van der Waals surface area contributed by atoms with Gasteiger partial charge in [-0.15, -0.1) is 0 Å². The van der Waals surface area contributed by atoms with Crippen LogP contribution >= 0.6 is 7.60 Å². The van der Waals surface area contributed by atoms with Crippen molar-refractivity contribution in [2.75, 3.05) is 33.8 Å². The van der Waals surface area contributed by atoms with Crippen LogP contribution in [0.1, 0.15) is 0 Å². The average molecular weight is 398 g/mol. The Hall–Kier alpha value is -2.25. The molecule has 0 atom stereocenters. The van der Waals surface area contributed by atoms with Crippen LogP contribution in [0.3, 0.4) is 0 Å². The summed E-state index contributed by atoms with van der Waals surface area (Å²) < 4.78 is 37.8. The van der Waals surface area contributed by atoms with Crippen LogP contribution in [0.2, 0.25) is 0 Å². The van der Waals surface area contributed by atoms with E-state index in [4.69, 9.17) is 33.5 Å². The first-order chi connectivity index (χ1) is 12.9. The van der Waals surface area contributed by atoms with Crippen LogP contribution in [-0.4, -0.2) is 49.7 Å². The quantitative estimate of drug-likeness (QED) is 0.557. The summed E-state index contributed by atoms with van der Waals surface area (Å²) in [6.07, 6.45) is -1.39. The molecule has 0 unspecified atom stereocenters. The first-order valence-corrected chi connectivity index (χ1v) is 9.89. The second-order valence-corrected chi connectivity index (χ2v) is 7.14. The van der Waals surface area contributed by atoms with Crippen molar-refractivity contribution in [2.24, 2.45) is 0 Å². The smallest absolute Gasteiger partial charge is 0.350 e. The Labute approximate surface area is 157 Å². The van der Waals surface area contributed by atoms with Crippen molar-refractivity contribution in [1.29, 1.82) is 0 Å². The number of hydrogen-bond acceptors (Lipinski definition) is 6. The maximum Gasteiger partial charge on any atom is 0.350 e. The number of methoxy groups -OCH3 is 2. The van der Waals surface area contributed by atoms with Crippen LogP contribution < -0.4 is 18.9 Å². The van der Waals surface area contributed by atoms with Crippen LogP contribution in [0, 0.1) is 0 Å². The first kappa shape index (κ1) is 21.1. The van der Waals surface area contributed by atoms with E-state index in [1.807, 2.05) is 0 Å². The lowest BCUT2D eigenvalue weighted by molar-refractivity contribution is 0.00803. The molecule has 27 heavy (non-hydrogen) atoms. The predicted molar refractivity (Wildman–Crippen MR) is 98.8 cm³/mol. The van der Waals surface area contributed by atoms with E-state index in [-0.39, 0.29) is 13.2 Å². The summed E-state index contributed by atoms with van der Waals surface area (Å²) in [4.78, 5) is 18.1. The van der Waals surface area contributed by atoms with E-state index in [0.717, 1.165) is 0 Å². The van der Waals surface area contributed by atoms with Crippen molar-refractivity contribution in [2.45, 2.75) is 6.10 Å². The zero-order chi connectivity index (χ0) is 19.7. The lowest BCUT2D eigenvalue weighted by Gasteiger charge is -2.19. The van der Waals surface area contributed by atoms with Gasteiger partial charge in [0, 0.05) is 0 Å². The Morgan fingerprint density at radius 3 is 1.48 bits per heavy atom. The molecule has 2 aromatic rings. The third-order valence-electron chi connectivity index (χ3n) is 3.47. The lowest BCUT2D eigenvalue weighted by Crippen LogP contribution is -2.29. The molecular weight excluding hydrogens is 375 g/mol. The monoisotopic (exact) mass is 398 g/mol. The molecule has 0 fully saturated rings. The molecule has 0 amide bonds. The minimum absolute atomic E-state index is 0.0580. The van der Waals surface area contributed by atoms with Gasteiger partial charge in [-0.3, -0.25) is 4.57 Å². The lowest BCUT2D eigenvalue weighted by atomic mass is 10.3. The van der Waals surface area contributed by atoms with Crippen LogP contribution in [0.15, 0.2) is 48.5 Å². The van der Waals surface area contributed by atoms with Crippen molar-refractivity contribution in [3.63, 3.8) is 0 Å². The molecule has 0 spiro atoms. The van der Waals surface area contributed by atoms with Crippen molar-refractivity contribution in [3.8, 4) is 23.0 Å². The number of hydrogen-bond donors (Lipinski definition) is 2. The summed E-state index contributed by atoms with van der Waals surface area (Å²) >= 11 is 0. The average Bonchev–Trinajstić information content (AvgIpc) is 2.67. The molecule has 0 saturated heterocycles. The molecule has 0 aromatic heterocycles. The van der Waals surface area contributed by atoms with Crippen LogP contribution in [0.25, 0.3) is 0 Å². The number of rotatable bonds is 11. The summed E-state index contributed by atoms with van der Waals surface area (Å²) in [6.45, 7) is 0.116. The van der Waals surface area contributed by atoms with Crippen molar-refractivity contribution < 1.29 is 38.0 Å². The van der Waals surface area contributed by atoms with Gasteiger partial charge in [0.25, 0.3) is 0 Å². The molecule has 0 heterocycles. The van der Waals surface area contributed by atoms with Gasteiger partial charge in [0.2, 0.25) is 0 Å². The van der Waals surface area contributed by atoms with Gasteiger partial charge in [-0.1, -0.05) is 0 Å². The third kappa shape index (κ3) is 7.88. The zero-order valence-electron chi connectivity index (χ0n) is 15.1. The molecule has 9 heteroatoms. The molecule has 2 N–H and O–H groups in total. The fraction of sp³-hybridized carbons (Fsp3) is 0.333. The molecule has 0 aliphatic carbocycles. The van der Waals surface area contributed by atoms with Gasteiger partial charge in [-0.05, 0) is 48.5 Å². The third-order valence-corrected chi connectivity index (χ3v) is 3.95. The zero-order valence-corrected chi connectivity index (χ0v) is 16.0. The fourth-order valence-corrected chi connectivity index (χ4v) is 2.47. The molecular formula is C18H23O8P. The summed E-state index contributed by atoms with van der Waals surface area (Å²) in [5.41, 5.74) is 0. The SMILES string of the molecule is COc1ccc(OCC(COc2ccc(OC)cc2)OCP(=O)(O)O)cc1. The second kappa shape index (κ2) is 10.2. The summed E-state index contributed by atoms with van der Waals surface area (Å²) in [5, 5.41) is 0. The van der Waals surface area contributed by atoms with Crippen LogP contribution in [-0.2, 0) is 9.30 Å². The highest BCUT2D eigenvalue weighted by Gasteiger charge is 2.19. The maximum absolute atomic E-state index is 11.1. The highest BCUT2D eigenvalue weighted by molar-refractivity contribution is 7.51. The standard InChI is InChI=1S/C18H23O8P/c1-22-14-3-7-16(8-4-14)24-11-18(26-13-27(19,20)21)12-25-17-9-5-15(23-2)6-10-17/h3-10,18H,11-13H2,1-2H3,(H2,19,20,21). The van der Waals surface area contributed by atoms with E-state index < -0.39 is 20.0 Å². The Morgan fingerprint density at radius 1 is 0.778 bits per heavy atom. The van der Waals surface area contributed by atoms with E-state index in [1.54, 1.807) is 62.8 Å². The van der Waals surface area contributed by atoms with E-state index in [1.165, 1.54) is 0 Å². The van der Waals surface area contributed by atoms with E-state index >= 15 is 0 Å². The van der Waals surface area contributed by atoms with Crippen molar-refractivity contribution in [1.82, 2.24) is 0 Å². The predicted octanol–water partition coefficient (Wildman–Crippen LogP) is 2.68. The molecule has 2 rings (SSSR count). The normalized spacial score (nSPS) is 11.3. The highest BCUT2D eigenvalue weighted by atomic mass is 31.2.